The van der Waals surface area contributed by atoms with Crippen molar-refractivity contribution in [2.45, 2.75) is 96.9 Å². The second-order valence-corrected chi connectivity index (χ2v) is 11.5. The molecule has 1 aliphatic heterocycles. The van der Waals surface area contributed by atoms with E-state index >= 15 is 0 Å². The van der Waals surface area contributed by atoms with Crippen LogP contribution in [0.4, 0.5) is 9.59 Å². The summed E-state index contributed by atoms with van der Waals surface area (Å²) < 4.78 is 15.9. The van der Waals surface area contributed by atoms with Gasteiger partial charge in [0, 0.05) is 13.1 Å². The number of hydrogen-bond donors (Lipinski definition) is 2. The highest BCUT2D eigenvalue weighted by Crippen LogP contribution is 2.21. The number of ether oxygens (including phenoxy) is 3. The van der Waals surface area contributed by atoms with Gasteiger partial charge < -0.3 is 29.7 Å². The van der Waals surface area contributed by atoms with Gasteiger partial charge in [-0.3, -0.25) is 4.79 Å². The lowest BCUT2D eigenvalue weighted by Crippen LogP contribution is -2.52. The highest BCUT2D eigenvalue weighted by molar-refractivity contribution is 5.90. The average Bonchev–Trinajstić information content (AvgIpc) is 3.31. The Bertz CT molecular complexity index is 996. The van der Waals surface area contributed by atoms with Gasteiger partial charge in [0.05, 0.1) is 6.26 Å². The summed E-state index contributed by atoms with van der Waals surface area (Å²) in [6.07, 6.45) is 4.30. The van der Waals surface area contributed by atoms with E-state index in [9.17, 15) is 19.2 Å². The smallest absolute Gasteiger partial charge is 0.408 e. The quantitative estimate of drug-likeness (QED) is 0.188. The van der Waals surface area contributed by atoms with Crippen molar-refractivity contribution in [2.24, 2.45) is 0 Å². The van der Waals surface area contributed by atoms with E-state index in [2.05, 4.69) is 10.6 Å². The maximum Gasteiger partial charge on any atom is 0.408 e. The molecule has 0 spiro atoms. The molecule has 2 rings (SSSR count). The Balaban J connectivity index is 1.99. The molecule has 10 nitrogen and oxygen atoms in total. The van der Waals surface area contributed by atoms with Crippen LogP contribution in [0.2, 0.25) is 0 Å². The number of hydrogen-bond acceptors (Lipinski definition) is 7. The molecule has 1 fully saturated rings. The predicted octanol–water partition coefficient (Wildman–Crippen LogP) is 4.78. The summed E-state index contributed by atoms with van der Waals surface area (Å²) in [5.41, 5.74) is -0.448. The van der Waals surface area contributed by atoms with E-state index in [1.54, 1.807) is 47.6 Å². The fourth-order valence-corrected chi connectivity index (χ4v) is 3.98. The van der Waals surface area contributed by atoms with Crippen molar-refractivity contribution in [2.75, 3.05) is 13.1 Å². The van der Waals surface area contributed by atoms with Gasteiger partial charge in [-0.2, -0.15) is 0 Å². The summed E-state index contributed by atoms with van der Waals surface area (Å²) in [4.78, 5) is 52.2. The normalized spacial score (nSPS) is 16.5. The van der Waals surface area contributed by atoms with Crippen LogP contribution in [-0.2, 0) is 23.8 Å². The minimum atomic E-state index is -0.894. The molecule has 0 radical (unpaired) electrons. The zero-order valence-corrected chi connectivity index (χ0v) is 24.0. The van der Waals surface area contributed by atoms with Gasteiger partial charge in [-0.25, -0.2) is 14.4 Å². The first-order valence-corrected chi connectivity index (χ1v) is 13.4. The number of unbranched alkanes of at least 4 members (excludes halogenated alkanes) is 1. The van der Waals surface area contributed by atoms with E-state index < -0.39 is 41.4 Å². The Morgan fingerprint density at radius 2 is 1.62 bits per heavy atom. The van der Waals surface area contributed by atoms with Crippen molar-refractivity contribution in [1.82, 2.24) is 15.5 Å². The predicted molar refractivity (Wildman–Crippen MR) is 148 cm³/mol. The maximum atomic E-state index is 13.5. The largest absolute Gasteiger partial charge is 0.444 e. The van der Waals surface area contributed by atoms with E-state index in [4.69, 9.17) is 14.2 Å². The summed E-state index contributed by atoms with van der Waals surface area (Å²) in [5, 5.41) is 5.36. The van der Waals surface area contributed by atoms with Crippen LogP contribution in [0.25, 0.3) is 6.08 Å². The molecule has 0 aromatic heterocycles. The van der Waals surface area contributed by atoms with Gasteiger partial charge in [0.1, 0.15) is 23.3 Å². The number of alkyl carbamates (subject to hydrolysis) is 2. The fraction of sp³-hybridized carbons (Fsp3) is 0.586. The monoisotopic (exact) mass is 545 g/mol. The molecule has 0 saturated carbocycles. The summed E-state index contributed by atoms with van der Waals surface area (Å²) >= 11 is 0. The number of amides is 3. The Morgan fingerprint density at radius 3 is 2.26 bits per heavy atom. The van der Waals surface area contributed by atoms with Crippen LogP contribution in [0.5, 0.6) is 0 Å². The molecule has 0 unspecified atom stereocenters. The first kappa shape index (κ1) is 31.7. The van der Waals surface area contributed by atoms with Crippen molar-refractivity contribution >= 4 is 30.1 Å². The number of benzene rings is 1. The van der Waals surface area contributed by atoms with E-state index in [0.29, 0.717) is 45.2 Å². The van der Waals surface area contributed by atoms with Crippen LogP contribution in [0, 0.1) is 0 Å². The van der Waals surface area contributed by atoms with E-state index in [0.717, 1.165) is 5.56 Å². The molecule has 0 aliphatic carbocycles. The van der Waals surface area contributed by atoms with Crippen molar-refractivity contribution in [1.29, 1.82) is 0 Å². The molecule has 1 saturated heterocycles. The Hall–Kier alpha value is -3.56. The number of carbonyl (C=O) groups excluding carboxylic acids is 4. The Kier molecular flexibility index (Phi) is 11.8. The second kappa shape index (κ2) is 14.6. The van der Waals surface area contributed by atoms with Crippen LogP contribution in [-0.4, -0.2) is 65.3 Å². The number of likely N-dealkylation sites (tertiary alicyclic amines) is 1. The van der Waals surface area contributed by atoms with Crippen molar-refractivity contribution in [3.8, 4) is 0 Å². The molecule has 3 amide bonds. The number of nitrogens with one attached hydrogen (secondary N) is 2. The first-order chi connectivity index (χ1) is 18.2. The van der Waals surface area contributed by atoms with Crippen molar-refractivity contribution in [3.63, 3.8) is 0 Å². The summed E-state index contributed by atoms with van der Waals surface area (Å²) in [5.74, 6) is -0.891. The van der Waals surface area contributed by atoms with Gasteiger partial charge in [-0.1, -0.05) is 30.3 Å². The maximum absolute atomic E-state index is 13.5. The number of rotatable bonds is 10. The topological polar surface area (TPSA) is 123 Å². The molecule has 10 heteroatoms. The van der Waals surface area contributed by atoms with Gasteiger partial charge in [-0.15, -0.1) is 0 Å². The minimum absolute atomic E-state index is 0.306. The SMILES string of the molecule is CC(C)(C)OC(=O)NCCCC[C@H](NC(=O)OC(C)(C)C)C(=O)N1CCC[C@H]1C(=O)O/C=C/c1ccccc1. The van der Waals surface area contributed by atoms with E-state index in [1.807, 2.05) is 30.3 Å². The molecule has 2 N–H and O–H groups in total. The summed E-state index contributed by atoms with van der Waals surface area (Å²) in [6, 6.07) is 7.78. The summed E-state index contributed by atoms with van der Waals surface area (Å²) in [7, 11) is 0. The average molecular weight is 546 g/mol. The number of nitrogens with zero attached hydrogens (tertiary/aromatic N) is 1. The zero-order valence-electron chi connectivity index (χ0n) is 24.0. The lowest BCUT2D eigenvalue weighted by Gasteiger charge is -2.29. The zero-order chi connectivity index (χ0) is 29.1. The lowest BCUT2D eigenvalue weighted by atomic mass is 10.1. The van der Waals surface area contributed by atoms with Crippen LogP contribution in [0.1, 0.15) is 79.2 Å². The number of carbonyl (C=O) groups is 4. The highest BCUT2D eigenvalue weighted by atomic mass is 16.6. The molecule has 2 atom stereocenters. The van der Waals surface area contributed by atoms with Crippen molar-refractivity contribution in [3.05, 3.63) is 42.2 Å². The molecule has 216 valence electrons. The summed E-state index contributed by atoms with van der Waals surface area (Å²) in [6.45, 7) is 11.3. The Morgan fingerprint density at radius 1 is 0.974 bits per heavy atom. The van der Waals surface area contributed by atoms with Crippen LogP contribution in [0.3, 0.4) is 0 Å². The van der Waals surface area contributed by atoms with Gasteiger partial charge >= 0.3 is 18.2 Å². The first-order valence-electron chi connectivity index (χ1n) is 13.4. The number of esters is 1. The third-order valence-corrected chi connectivity index (χ3v) is 5.63. The van der Waals surface area contributed by atoms with Crippen LogP contribution in [0.15, 0.2) is 36.6 Å². The van der Waals surface area contributed by atoms with E-state index in [1.165, 1.54) is 11.2 Å². The van der Waals surface area contributed by atoms with Gasteiger partial charge in [0.2, 0.25) is 5.91 Å². The van der Waals surface area contributed by atoms with Gasteiger partial charge in [0.25, 0.3) is 0 Å². The third kappa shape index (κ3) is 12.2. The second-order valence-electron chi connectivity index (χ2n) is 11.5. The molecule has 1 aliphatic rings. The molecule has 39 heavy (non-hydrogen) atoms. The lowest BCUT2D eigenvalue weighted by molar-refractivity contribution is -0.149. The van der Waals surface area contributed by atoms with Gasteiger partial charge in [0.15, 0.2) is 0 Å². The Labute approximate surface area is 231 Å². The van der Waals surface area contributed by atoms with Crippen LogP contribution < -0.4 is 10.6 Å². The van der Waals surface area contributed by atoms with Crippen LogP contribution >= 0.6 is 0 Å². The molecular formula is C29H43N3O7. The van der Waals surface area contributed by atoms with Gasteiger partial charge in [-0.05, 0) is 85.3 Å². The minimum Gasteiger partial charge on any atom is -0.444 e. The van der Waals surface area contributed by atoms with E-state index in [-0.39, 0.29) is 5.91 Å². The molecule has 1 aromatic rings. The molecule has 1 aromatic carbocycles. The molecular weight excluding hydrogens is 502 g/mol. The fourth-order valence-electron chi connectivity index (χ4n) is 3.98. The highest BCUT2D eigenvalue weighted by Gasteiger charge is 2.38. The standard InChI is InChI=1S/C29H43N3O7/c1-28(2,3)38-26(35)30-18-11-10-15-22(31-27(36)39-29(4,5)6)24(33)32-19-12-16-23(32)25(34)37-20-17-21-13-8-7-9-14-21/h7-9,13-14,17,20,22-23H,10-12,15-16,18-19H2,1-6H3,(H,30,35)(H,31,36)/b20-17+/t22-,23-/m0/s1. The third-order valence-electron chi connectivity index (χ3n) is 5.63. The van der Waals surface area contributed by atoms with Crippen molar-refractivity contribution < 1.29 is 33.4 Å². The molecule has 0 bridgehead atoms. The molecule has 1 heterocycles.